The van der Waals surface area contributed by atoms with Crippen LogP contribution in [0.4, 0.5) is 0 Å². The molecule has 0 aromatic heterocycles. The third-order valence-corrected chi connectivity index (χ3v) is 0.501. The standard InChI is InChI=1S/C3H2N3O/c4-3-5-1-2(7)6-3/h(H2,4,6,7). The van der Waals surface area contributed by atoms with E-state index >= 15 is 0 Å². The molecule has 0 spiro atoms. The van der Waals surface area contributed by atoms with Crippen molar-refractivity contribution in [2.75, 3.05) is 0 Å². The summed E-state index contributed by atoms with van der Waals surface area (Å²) in [6.07, 6.45) is 2.02. The lowest BCUT2D eigenvalue weighted by molar-refractivity contribution is -0.112. The Labute approximate surface area is 39.8 Å². The predicted octanol–water partition coefficient (Wildman–Crippen LogP) is -1.00. The van der Waals surface area contributed by atoms with Gasteiger partial charge in [-0.15, -0.1) is 0 Å². The van der Waals surface area contributed by atoms with Crippen LogP contribution in [0.15, 0.2) is 4.99 Å². The van der Waals surface area contributed by atoms with E-state index in [0.717, 1.165) is 0 Å². The zero-order valence-electron chi connectivity index (χ0n) is 3.36. The Bertz CT molecular complexity index is 132. The minimum absolute atomic E-state index is 0.134. The van der Waals surface area contributed by atoms with Gasteiger partial charge in [-0.05, 0) is 0 Å². The second kappa shape index (κ2) is 1.14. The van der Waals surface area contributed by atoms with Crippen molar-refractivity contribution in [3.63, 3.8) is 0 Å². The summed E-state index contributed by atoms with van der Waals surface area (Å²) in [5, 5.41) is 8.70. The summed E-state index contributed by atoms with van der Waals surface area (Å²) in [6.45, 7) is 0. The molecule has 0 unspecified atom stereocenters. The fourth-order valence-corrected chi connectivity index (χ4v) is 0.270. The van der Waals surface area contributed by atoms with E-state index < -0.39 is 5.91 Å². The van der Waals surface area contributed by atoms with E-state index in [1.807, 2.05) is 6.21 Å². The number of amides is 1. The highest BCUT2D eigenvalue weighted by molar-refractivity contribution is 6.36. The molecule has 0 saturated carbocycles. The molecule has 1 aliphatic heterocycles. The molecule has 4 nitrogen and oxygen atoms in total. The maximum absolute atomic E-state index is 10.00. The first-order valence-electron chi connectivity index (χ1n) is 1.65. The molecule has 2 N–H and O–H groups in total. The van der Waals surface area contributed by atoms with Gasteiger partial charge in [-0.3, -0.25) is 15.5 Å². The Balaban J connectivity index is 2.76. The third kappa shape index (κ3) is 0.623. The molecule has 0 aromatic carbocycles. The minimum atomic E-state index is -0.440. The van der Waals surface area contributed by atoms with E-state index in [-0.39, 0.29) is 5.96 Å². The first-order chi connectivity index (χ1) is 3.29. The van der Waals surface area contributed by atoms with Crippen LogP contribution in [0.3, 0.4) is 0 Å². The smallest absolute Gasteiger partial charge is 0.279 e. The summed E-state index contributed by atoms with van der Waals surface area (Å²) in [4.78, 5) is 13.2. The van der Waals surface area contributed by atoms with Crippen molar-refractivity contribution >= 4 is 18.1 Å². The van der Waals surface area contributed by atoms with Crippen LogP contribution in [0.25, 0.3) is 0 Å². The van der Waals surface area contributed by atoms with Crippen LogP contribution in [0.2, 0.25) is 0 Å². The molecular formula is C3H2N3O. The van der Waals surface area contributed by atoms with Crippen molar-refractivity contribution in [3.8, 4) is 0 Å². The summed E-state index contributed by atoms with van der Waals surface area (Å²) >= 11 is 0. The molecule has 1 radical (unpaired) electrons. The zero-order valence-corrected chi connectivity index (χ0v) is 3.36. The summed E-state index contributed by atoms with van der Waals surface area (Å²) < 4.78 is 0. The van der Waals surface area contributed by atoms with Gasteiger partial charge >= 0.3 is 0 Å². The summed E-state index contributed by atoms with van der Waals surface area (Å²) in [6, 6.07) is 0. The van der Waals surface area contributed by atoms with Crippen LogP contribution >= 0.6 is 0 Å². The van der Waals surface area contributed by atoms with E-state index in [1.54, 1.807) is 0 Å². The van der Waals surface area contributed by atoms with E-state index in [1.165, 1.54) is 0 Å². The Kier molecular flexibility index (Phi) is 0.651. The predicted molar refractivity (Wildman–Crippen MR) is 23.3 cm³/mol. The number of carbonyl (C=O) groups is 1. The number of guanidine groups is 1. The van der Waals surface area contributed by atoms with E-state index in [9.17, 15) is 4.79 Å². The van der Waals surface area contributed by atoms with Crippen LogP contribution in [-0.2, 0) is 4.79 Å². The molecule has 0 aliphatic carbocycles. The van der Waals surface area contributed by atoms with E-state index in [0.29, 0.717) is 0 Å². The average molecular weight is 96.1 g/mol. The first kappa shape index (κ1) is 3.98. The number of hydrogen-bond donors (Lipinski definition) is 2. The highest BCUT2D eigenvalue weighted by Crippen LogP contribution is 1.76. The van der Waals surface area contributed by atoms with E-state index in [2.05, 4.69) is 10.3 Å². The molecule has 7 heavy (non-hydrogen) atoms. The second-order valence-electron chi connectivity index (χ2n) is 1.03. The number of carbonyl (C=O) groups excluding carboxylic acids is 1. The van der Waals surface area contributed by atoms with E-state index in [4.69, 9.17) is 5.41 Å². The third-order valence-electron chi connectivity index (χ3n) is 0.501. The van der Waals surface area contributed by atoms with Gasteiger partial charge in [0.05, 0.1) is 0 Å². The number of aliphatic imine (C=N–C) groups is 1. The van der Waals surface area contributed by atoms with Gasteiger partial charge in [0.25, 0.3) is 5.91 Å². The van der Waals surface area contributed by atoms with Crippen LogP contribution in [-0.4, -0.2) is 18.1 Å². The summed E-state index contributed by atoms with van der Waals surface area (Å²) in [5.74, 6) is -0.574. The molecule has 1 heterocycles. The van der Waals surface area contributed by atoms with Crippen LogP contribution in [0, 0.1) is 5.41 Å². The van der Waals surface area contributed by atoms with Crippen molar-refractivity contribution in [3.05, 3.63) is 0 Å². The fourth-order valence-electron chi connectivity index (χ4n) is 0.270. The maximum atomic E-state index is 10.00. The molecule has 0 fully saturated rings. The van der Waals surface area contributed by atoms with Gasteiger partial charge in [0.2, 0.25) is 5.96 Å². The number of hydrogen-bond acceptors (Lipinski definition) is 2. The van der Waals surface area contributed by atoms with Crippen molar-refractivity contribution in [2.45, 2.75) is 0 Å². The molecule has 0 bridgehead atoms. The lowest BCUT2D eigenvalue weighted by atomic mass is 10.7. The van der Waals surface area contributed by atoms with Crippen LogP contribution < -0.4 is 5.32 Å². The maximum Gasteiger partial charge on any atom is 0.279 e. The molecular weight excluding hydrogens is 94.1 g/mol. The molecule has 4 heteroatoms. The molecule has 35 valence electrons. The van der Waals surface area contributed by atoms with Gasteiger partial charge in [0.15, 0.2) is 6.21 Å². The molecule has 0 aromatic rings. The normalized spacial score (nSPS) is 17.7. The molecule has 0 saturated heterocycles. The number of nitrogens with one attached hydrogen (secondary N) is 2. The Hall–Kier alpha value is -1.19. The van der Waals surface area contributed by atoms with Gasteiger partial charge in [-0.1, -0.05) is 0 Å². The Morgan fingerprint density at radius 1 is 1.86 bits per heavy atom. The van der Waals surface area contributed by atoms with Crippen LogP contribution in [0.1, 0.15) is 0 Å². The Morgan fingerprint density at radius 2 is 2.57 bits per heavy atom. The van der Waals surface area contributed by atoms with Crippen molar-refractivity contribution in [1.29, 1.82) is 5.41 Å². The monoisotopic (exact) mass is 96.0 g/mol. The molecule has 1 aliphatic rings. The van der Waals surface area contributed by atoms with Gasteiger partial charge in [-0.2, -0.15) is 0 Å². The number of nitrogens with zero attached hydrogens (tertiary/aromatic N) is 1. The lowest BCUT2D eigenvalue weighted by Gasteiger charge is -1.81. The Morgan fingerprint density at radius 3 is 2.71 bits per heavy atom. The number of rotatable bonds is 0. The highest BCUT2D eigenvalue weighted by Gasteiger charge is 2.06. The largest absolute Gasteiger partial charge is 0.289 e. The lowest BCUT2D eigenvalue weighted by Crippen LogP contribution is -2.20. The summed E-state index contributed by atoms with van der Waals surface area (Å²) in [5.41, 5.74) is 0. The molecule has 1 rings (SSSR count). The second-order valence-corrected chi connectivity index (χ2v) is 1.03. The highest BCUT2D eigenvalue weighted by atomic mass is 16.2. The topological polar surface area (TPSA) is 65.3 Å². The van der Waals surface area contributed by atoms with Gasteiger partial charge < -0.3 is 0 Å². The average Bonchev–Trinajstić information content (AvgIpc) is 1.87. The van der Waals surface area contributed by atoms with Gasteiger partial charge in [0.1, 0.15) is 0 Å². The van der Waals surface area contributed by atoms with Crippen LogP contribution in [0.5, 0.6) is 0 Å². The fraction of sp³-hybridized carbons (Fsp3) is 0. The van der Waals surface area contributed by atoms with Crippen molar-refractivity contribution in [1.82, 2.24) is 5.32 Å². The van der Waals surface area contributed by atoms with Gasteiger partial charge in [-0.25, -0.2) is 4.99 Å². The first-order valence-corrected chi connectivity index (χ1v) is 1.65. The minimum Gasteiger partial charge on any atom is -0.289 e. The molecule has 0 atom stereocenters. The summed E-state index contributed by atoms with van der Waals surface area (Å²) in [7, 11) is 0. The SMILES string of the molecule is N=C1N=[C]C(=O)N1. The van der Waals surface area contributed by atoms with Crippen molar-refractivity contribution < 1.29 is 4.79 Å². The van der Waals surface area contributed by atoms with Crippen molar-refractivity contribution in [2.24, 2.45) is 4.99 Å². The zero-order chi connectivity index (χ0) is 5.28. The molecule has 1 amide bonds. The quantitative estimate of drug-likeness (QED) is 0.399. The van der Waals surface area contributed by atoms with Gasteiger partial charge in [0, 0.05) is 0 Å².